The minimum Gasteiger partial charge on any atom is -0.358 e. The molecule has 0 aliphatic rings. The monoisotopic (exact) mass is 724 g/mol. The quantitative estimate of drug-likeness (QED) is 0.172. The maximum absolute atomic E-state index is 4.85. The summed E-state index contributed by atoms with van der Waals surface area (Å²) in [7, 11) is 0. The molecule has 0 aliphatic heterocycles. The van der Waals surface area contributed by atoms with Crippen LogP contribution in [-0.4, -0.2) is 23.9 Å². The van der Waals surface area contributed by atoms with E-state index in [0.717, 1.165) is 50.0 Å². The van der Waals surface area contributed by atoms with Crippen molar-refractivity contribution in [2.75, 3.05) is 0 Å². The molecule has 42 heavy (non-hydrogen) atoms. The molecule has 0 fully saturated rings. The van der Waals surface area contributed by atoms with Crippen LogP contribution in [0.15, 0.2) is 110 Å². The molecule has 0 spiro atoms. The molecule has 4 aromatic carbocycles. The first-order valence-electron chi connectivity index (χ1n) is 13.9. The van der Waals surface area contributed by atoms with Gasteiger partial charge in [-0.1, -0.05) is 73.9 Å². The number of hydrogen-bond donors (Lipinski definition) is 0. The zero-order valence-corrected chi connectivity index (χ0v) is 25.7. The van der Waals surface area contributed by atoms with E-state index in [-0.39, 0.29) is 26.5 Å². The second-order valence-corrected chi connectivity index (χ2v) is 11.5. The predicted octanol–water partition coefficient (Wildman–Crippen LogP) is 8.36. The molecule has 0 bridgehead atoms. The van der Waals surface area contributed by atoms with Gasteiger partial charge in [-0.3, -0.25) is 4.68 Å². The van der Waals surface area contributed by atoms with Crippen molar-refractivity contribution in [3.63, 3.8) is 0 Å². The van der Waals surface area contributed by atoms with Gasteiger partial charge in [0.2, 0.25) is 0 Å². The third-order valence-corrected chi connectivity index (χ3v) is 7.97. The minimum atomic E-state index is 0. The summed E-state index contributed by atoms with van der Waals surface area (Å²) in [6.07, 6.45) is 5.65. The fourth-order valence-corrected chi connectivity index (χ4v) is 5.93. The first kappa shape index (κ1) is 26.4. The number of benzene rings is 4. The first-order valence-corrected chi connectivity index (χ1v) is 13.9. The van der Waals surface area contributed by atoms with Crippen molar-refractivity contribution in [1.82, 2.24) is 23.9 Å². The van der Waals surface area contributed by atoms with E-state index < -0.39 is 0 Å². The summed E-state index contributed by atoms with van der Waals surface area (Å²) in [5.74, 6) is 0.895. The van der Waals surface area contributed by atoms with Gasteiger partial charge in [0.05, 0.1) is 0 Å². The van der Waals surface area contributed by atoms with Crippen LogP contribution in [0.1, 0.15) is 26.3 Å². The molecule has 204 valence electrons. The average Bonchev–Trinajstić information content (AvgIpc) is 3.71. The maximum Gasteiger partial charge on any atom is 4.00 e. The normalized spacial score (nSPS) is 12.0. The Morgan fingerprint density at radius 1 is 0.619 bits per heavy atom. The van der Waals surface area contributed by atoms with Crippen molar-refractivity contribution in [3.05, 3.63) is 127 Å². The molecule has 0 amide bonds. The van der Waals surface area contributed by atoms with Crippen molar-refractivity contribution in [2.24, 2.45) is 0 Å². The van der Waals surface area contributed by atoms with Gasteiger partial charge in [0.15, 0.2) is 0 Å². The van der Waals surface area contributed by atoms with Gasteiger partial charge < -0.3 is 9.13 Å². The molecule has 0 saturated carbocycles. The number of para-hydroxylation sites is 2. The van der Waals surface area contributed by atoms with Crippen molar-refractivity contribution >= 4 is 43.6 Å². The molecule has 0 aliphatic carbocycles. The van der Waals surface area contributed by atoms with Crippen LogP contribution < -0.4 is 0 Å². The number of hydrogen-bond acceptors (Lipinski definition) is 2. The summed E-state index contributed by atoms with van der Waals surface area (Å²) in [5, 5.41) is 9.10. The molecular formula is C36H27N5Pt+2. The minimum absolute atomic E-state index is 0. The van der Waals surface area contributed by atoms with Gasteiger partial charge in [0.1, 0.15) is 5.82 Å². The van der Waals surface area contributed by atoms with E-state index >= 15 is 0 Å². The van der Waals surface area contributed by atoms with E-state index in [1.807, 2.05) is 23.1 Å². The van der Waals surface area contributed by atoms with Crippen LogP contribution in [0.2, 0.25) is 0 Å². The van der Waals surface area contributed by atoms with Crippen molar-refractivity contribution in [1.29, 1.82) is 0 Å². The summed E-state index contributed by atoms with van der Waals surface area (Å²) < 4.78 is 6.36. The van der Waals surface area contributed by atoms with Crippen LogP contribution in [0.25, 0.3) is 60.8 Å². The van der Waals surface area contributed by atoms with Crippen LogP contribution in [-0.2, 0) is 26.5 Å². The number of pyridine rings is 1. The van der Waals surface area contributed by atoms with E-state index in [1.165, 1.54) is 16.3 Å². The van der Waals surface area contributed by atoms with Gasteiger partial charge in [0, 0.05) is 29.6 Å². The number of nitrogens with zero attached hydrogens (tertiary/aromatic N) is 5. The van der Waals surface area contributed by atoms with Gasteiger partial charge in [-0.05, 0) is 57.8 Å². The summed E-state index contributed by atoms with van der Waals surface area (Å²) in [6, 6.07) is 39.4. The molecule has 5 nitrogen and oxygen atoms in total. The Kier molecular flexibility index (Phi) is 6.18. The molecule has 0 atom stereocenters. The summed E-state index contributed by atoms with van der Waals surface area (Å²) >= 11 is 0. The van der Waals surface area contributed by atoms with Gasteiger partial charge in [-0.25, -0.2) is 4.98 Å². The fourth-order valence-electron chi connectivity index (χ4n) is 5.93. The van der Waals surface area contributed by atoms with Crippen molar-refractivity contribution < 1.29 is 21.1 Å². The topological polar surface area (TPSA) is 40.6 Å². The SMILES string of the molecule is CC(C)(C)c1ccnc(-n2c3[c-]c(-n4c5[c-]c(-n6cccn6)ccc5c5ccccc54)ccc3c3ccccc32)c1.[Pt+4]. The third-order valence-electron chi connectivity index (χ3n) is 7.97. The number of rotatable bonds is 3. The van der Waals surface area contributed by atoms with E-state index in [1.54, 1.807) is 6.20 Å². The molecular weight excluding hydrogens is 698 g/mol. The van der Waals surface area contributed by atoms with Crippen LogP contribution >= 0.6 is 0 Å². The van der Waals surface area contributed by atoms with Crippen LogP contribution in [0.3, 0.4) is 0 Å². The standard InChI is InChI=1S/C36H27N5.Pt/c1-36(2,3)24-17-19-37-35(21-24)41-32-12-7-5-10-28(32)30-16-14-26(23-34(30)41)40-31-11-6-4-9-27(31)29-15-13-25(22-33(29)40)39-20-8-18-38-39;/h4-21H,1-3H3;/q-2;+4. The first-order chi connectivity index (χ1) is 20.0. The van der Waals surface area contributed by atoms with Crippen LogP contribution in [0.5, 0.6) is 0 Å². The van der Waals surface area contributed by atoms with E-state index in [2.05, 4.69) is 132 Å². The zero-order valence-electron chi connectivity index (χ0n) is 23.4. The zero-order chi connectivity index (χ0) is 27.7. The number of fused-ring (bicyclic) bond motifs is 6. The van der Waals surface area contributed by atoms with Crippen molar-refractivity contribution in [3.8, 4) is 17.2 Å². The van der Waals surface area contributed by atoms with Gasteiger partial charge >= 0.3 is 21.1 Å². The molecule has 0 radical (unpaired) electrons. The largest absolute Gasteiger partial charge is 4.00 e. The Labute approximate surface area is 258 Å². The summed E-state index contributed by atoms with van der Waals surface area (Å²) in [5.41, 5.74) is 7.32. The molecule has 0 N–H and O–H groups in total. The molecule has 0 unspecified atom stereocenters. The Hall–Kier alpha value is -4.47. The predicted molar refractivity (Wildman–Crippen MR) is 166 cm³/mol. The number of aromatic nitrogens is 5. The molecule has 8 rings (SSSR count). The van der Waals surface area contributed by atoms with Gasteiger partial charge in [0.25, 0.3) is 0 Å². The Balaban J connectivity index is 0.00000288. The van der Waals surface area contributed by atoms with E-state index in [9.17, 15) is 0 Å². The van der Waals surface area contributed by atoms with E-state index in [4.69, 9.17) is 4.98 Å². The molecule has 6 heteroatoms. The smallest absolute Gasteiger partial charge is 0.358 e. The van der Waals surface area contributed by atoms with Gasteiger partial charge in [-0.15, -0.1) is 35.0 Å². The molecule has 8 aromatic rings. The Bertz CT molecular complexity index is 2250. The molecule has 4 aromatic heterocycles. The summed E-state index contributed by atoms with van der Waals surface area (Å²) in [4.78, 5) is 4.85. The fraction of sp³-hybridized carbons (Fsp3) is 0.111. The van der Waals surface area contributed by atoms with Gasteiger partial charge in [-0.2, -0.15) is 17.2 Å². The summed E-state index contributed by atoms with van der Waals surface area (Å²) in [6.45, 7) is 6.70. The van der Waals surface area contributed by atoms with E-state index in [0.29, 0.717) is 0 Å². The van der Waals surface area contributed by atoms with Crippen LogP contribution in [0.4, 0.5) is 0 Å². The second-order valence-electron chi connectivity index (χ2n) is 11.5. The maximum atomic E-state index is 4.85. The van der Waals surface area contributed by atoms with Crippen molar-refractivity contribution in [2.45, 2.75) is 26.2 Å². The molecule has 4 heterocycles. The second kappa shape index (κ2) is 9.82. The Morgan fingerprint density at radius 2 is 1.24 bits per heavy atom. The van der Waals surface area contributed by atoms with Crippen LogP contribution in [0, 0.1) is 12.1 Å². The Morgan fingerprint density at radius 3 is 1.90 bits per heavy atom. The average molecular weight is 725 g/mol. The molecule has 0 saturated heterocycles. The third kappa shape index (κ3) is 4.03.